The van der Waals surface area contributed by atoms with Crippen molar-refractivity contribution in [3.8, 4) is 0 Å². The van der Waals surface area contributed by atoms with Crippen LogP contribution in [0.1, 0.15) is 18.4 Å². The van der Waals surface area contributed by atoms with Crippen molar-refractivity contribution in [2.45, 2.75) is 12.8 Å². The second-order valence-electron chi connectivity index (χ2n) is 5.02. The third-order valence-corrected chi connectivity index (χ3v) is 3.61. The van der Waals surface area contributed by atoms with E-state index in [-0.39, 0.29) is 24.6 Å². The molecule has 0 saturated carbocycles. The Hall–Kier alpha value is -2.44. The molecule has 0 aliphatic carbocycles. The van der Waals surface area contributed by atoms with Crippen LogP contribution in [-0.4, -0.2) is 18.0 Å². The van der Waals surface area contributed by atoms with Crippen LogP contribution in [0.25, 0.3) is 0 Å². The lowest BCUT2D eigenvalue weighted by Crippen LogP contribution is -2.20. The zero-order valence-corrected chi connectivity index (χ0v) is 14.4. The molecule has 0 atom stereocenters. The number of carbonyl (C=O) groups excluding carboxylic acids is 2. The zero-order chi connectivity index (χ0) is 18.2. The van der Waals surface area contributed by atoms with E-state index in [2.05, 4.69) is 15.8 Å². The van der Waals surface area contributed by atoms with Gasteiger partial charge < -0.3 is 5.32 Å². The van der Waals surface area contributed by atoms with E-state index in [1.807, 2.05) is 0 Å². The molecule has 25 heavy (non-hydrogen) atoms. The molecule has 5 nitrogen and oxygen atoms in total. The van der Waals surface area contributed by atoms with E-state index in [1.54, 1.807) is 12.1 Å². The molecule has 0 unspecified atom stereocenters. The second kappa shape index (κ2) is 9.15. The van der Waals surface area contributed by atoms with Crippen molar-refractivity contribution in [2.24, 2.45) is 5.10 Å². The molecule has 0 radical (unpaired) electrons. The molecule has 2 aromatic rings. The highest BCUT2D eigenvalue weighted by Crippen LogP contribution is 2.25. The number of nitrogens with zero attached hydrogens (tertiary/aromatic N) is 1. The molecule has 8 heteroatoms. The van der Waals surface area contributed by atoms with Gasteiger partial charge in [0.1, 0.15) is 5.82 Å². The molecule has 2 aromatic carbocycles. The molecule has 0 fully saturated rings. The van der Waals surface area contributed by atoms with Crippen LogP contribution in [0.2, 0.25) is 10.0 Å². The van der Waals surface area contributed by atoms with Crippen LogP contribution < -0.4 is 10.7 Å². The highest BCUT2D eigenvalue weighted by molar-refractivity contribution is 6.36. The van der Waals surface area contributed by atoms with Crippen molar-refractivity contribution in [3.63, 3.8) is 0 Å². The highest BCUT2D eigenvalue weighted by atomic mass is 35.5. The topological polar surface area (TPSA) is 70.6 Å². The number of anilines is 1. The average molecular weight is 382 g/mol. The normalized spacial score (nSPS) is 10.7. The van der Waals surface area contributed by atoms with Crippen molar-refractivity contribution < 1.29 is 14.0 Å². The predicted molar refractivity (Wildman–Crippen MR) is 96.5 cm³/mol. The average Bonchev–Trinajstić information content (AvgIpc) is 2.57. The molecular weight excluding hydrogens is 368 g/mol. The van der Waals surface area contributed by atoms with Gasteiger partial charge in [0.2, 0.25) is 11.8 Å². The Morgan fingerprint density at radius 1 is 1.04 bits per heavy atom. The van der Waals surface area contributed by atoms with Crippen molar-refractivity contribution in [2.75, 3.05) is 5.32 Å². The van der Waals surface area contributed by atoms with Gasteiger partial charge in [-0.15, -0.1) is 0 Å². The first kappa shape index (κ1) is 18.9. The van der Waals surface area contributed by atoms with Gasteiger partial charge in [0.25, 0.3) is 0 Å². The molecule has 0 saturated heterocycles. The second-order valence-corrected chi connectivity index (χ2v) is 5.86. The van der Waals surface area contributed by atoms with Crippen molar-refractivity contribution in [1.82, 2.24) is 5.43 Å². The molecule has 0 aliphatic heterocycles. The van der Waals surface area contributed by atoms with E-state index >= 15 is 0 Å². The van der Waals surface area contributed by atoms with Gasteiger partial charge in [-0.25, -0.2) is 9.82 Å². The number of hydrazone groups is 1. The Morgan fingerprint density at radius 2 is 1.72 bits per heavy atom. The number of nitrogens with one attached hydrogen (secondary N) is 2. The maximum atomic E-state index is 12.7. The molecule has 2 rings (SSSR count). The quantitative estimate of drug-likeness (QED) is 0.586. The lowest BCUT2D eigenvalue weighted by Gasteiger charge is -2.07. The summed E-state index contributed by atoms with van der Waals surface area (Å²) in [7, 11) is 0. The van der Waals surface area contributed by atoms with Gasteiger partial charge in [0.05, 0.1) is 16.9 Å². The maximum Gasteiger partial charge on any atom is 0.240 e. The highest BCUT2D eigenvalue weighted by Gasteiger charge is 2.09. The largest absolute Gasteiger partial charge is 0.325 e. The summed E-state index contributed by atoms with van der Waals surface area (Å²) in [5.74, 6) is -1.13. The smallest absolute Gasteiger partial charge is 0.240 e. The molecule has 0 aromatic heterocycles. The Balaban J connectivity index is 1.75. The number of benzene rings is 2. The summed E-state index contributed by atoms with van der Waals surface area (Å²) in [6, 6.07) is 10.3. The molecular formula is C17H14Cl2FN3O2. The fourth-order valence-electron chi connectivity index (χ4n) is 1.81. The lowest BCUT2D eigenvalue weighted by atomic mass is 10.2. The SMILES string of the molecule is O=C(CCC(=O)Nc1ccc(Cl)cc1Cl)N/N=C/c1ccc(F)cc1. The summed E-state index contributed by atoms with van der Waals surface area (Å²) in [6.07, 6.45) is 1.31. The van der Waals surface area contributed by atoms with Crippen LogP contribution in [0, 0.1) is 5.82 Å². The summed E-state index contributed by atoms with van der Waals surface area (Å²) >= 11 is 11.7. The predicted octanol–water partition coefficient (Wildman–Crippen LogP) is 4.00. The fourth-order valence-corrected chi connectivity index (χ4v) is 2.27. The van der Waals surface area contributed by atoms with Crippen molar-refractivity contribution >= 4 is 46.9 Å². The molecule has 0 heterocycles. The third-order valence-electron chi connectivity index (χ3n) is 3.06. The molecule has 130 valence electrons. The van der Waals surface area contributed by atoms with Gasteiger partial charge >= 0.3 is 0 Å². The van der Waals surface area contributed by atoms with Crippen molar-refractivity contribution in [1.29, 1.82) is 0 Å². The first-order valence-corrected chi connectivity index (χ1v) is 8.02. The van der Waals surface area contributed by atoms with Gasteiger partial charge in [-0.1, -0.05) is 35.3 Å². The van der Waals surface area contributed by atoms with E-state index < -0.39 is 5.91 Å². The summed E-state index contributed by atoms with van der Waals surface area (Å²) < 4.78 is 12.7. The number of rotatable bonds is 6. The number of hydrogen-bond donors (Lipinski definition) is 2. The maximum absolute atomic E-state index is 12.7. The summed E-state index contributed by atoms with van der Waals surface area (Å²) in [6.45, 7) is 0. The first-order chi connectivity index (χ1) is 11.9. The van der Waals surface area contributed by atoms with E-state index in [9.17, 15) is 14.0 Å². The van der Waals surface area contributed by atoms with Gasteiger partial charge in [0, 0.05) is 17.9 Å². The van der Waals surface area contributed by atoms with E-state index in [0.717, 1.165) is 0 Å². The van der Waals surface area contributed by atoms with Crippen molar-refractivity contribution in [3.05, 3.63) is 63.9 Å². The van der Waals surface area contributed by atoms with Crippen LogP contribution >= 0.6 is 23.2 Å². The molecule has 0 bridgehead atoms. The Morgan fingerprint density at radius 3 is 2.40 bits per heavy atom. The zero-order valence-electron chi connectivity index (χ0n) is 12.9. The van der Waals surface area contributed by atoms with Gasteiger partial charge in [-0.3, -0.25) is 9.59 Å². The van der Waals surface area contributed by atoms with Crippen LogP contribution in [-0.2, 0) is 9.59 Å². The van der Waals surface area contributed by atoms with Crippen LogP contribution in [0.5, 0.6) is 0 Å². The minimum atomic E-state index is -0.421. The summed E-state index contributed by atoms with van der Waals surface area (Å²) in [5, 5.41) is 7.11. The van der Waals surface area contributed by atoms with Crippen LogP contribution in [0.4, 0.5) is 10.1 Å². The molecule has 0 spiro atoms. The molecule has 2 amide bonds. The number of halogens is 3. The Labute approximate surface area is 153 Å². The first-order valence-electron chi connectivity index (χ1n) is 7.26. The standard InChI is InChI=1S/C17H14Cl2FN3O2/c18-12-3-6-15(14(19)9-12)22-16(24)7-8-17(25)23-21-10-11-1-4-13(20)5-2-11/h1-6,9-10H,7-8H2,(H,22,24)(H,23,25)/b21-10+. The summed E-state index contributed by atoms with van der Waals surface area (Å²) in [5.41, 5.74) is 3.36. The van der Waals surface area contributed by atoms with Crippen LogP contribution in [0.3, 0.4) is 0 Å². The number of carbonyl (C=O) groups is 2. The monoisotopic (exact) mass is 381 g/mol. The van der Waals surface area contributed by atoms with Gasteiger partial charge in [-0.2, -0.15) is 5.10 Å². The number of hydrogen-bond acceptors (Lipinski definition) is 3. The molecule has 2 N–H and O–H groups in total. The fraction of sp³-hybridized carbons (Fsp3) is 0.118. The minimum absolute atomic E-state index is 0.0309. The lowest BCUT2D eigenvalue weighted by molar-refractivity contribution is -0.124. The van der Waals surface area contributed by atoms with Gasteiger partial charge in [0.15, 0.2) is 0 Å². The van der Waals surface area contributed by atoms with E-state index in [4.69, 9.17) is 23.2 Å². The van der Waals surface area contributed by atoms with Gasteiger partial charge in [-0.05, 0) is 35.9 Å². The van der Waals surface area contributed by atoms with E-state index in [1.165, 1.54) is 36.5 Å². The summed E-state index contributed by atoms with van der Waals surface area (Å²) in [4.78, 5) is 23.5. The van der Waals surface area contributed by atoms with E-state index in [0.29, 0.717) is 21.3 Å². The Kier molecular flexibility index (Phi) is 6.91. The molecule has 0 aliphatic rings. The van der Waals surface area contributed by atoms with Crippen LogP contribution in [0.15, 0.2) is 47.6 Å². The minimum Gasteiger partial charge on any atom is -0.325 e. The Bertz CT molecular complexity index is 795. The third kappa shape index (κ3) is 6.52. The number of amides is 2.